The molecule has 0 bridgehead atoms. The number of likely N-dealkylation sites (tertiary alicyclic amines) is 1. The molecule has 1 fully saturated rings. The normalized spacial score (nSPS) is 18.0. The molecule has 0 aromatic carbocycles. The number of nitrogens with zero attached hydrogens (tertiary/aromatic N) is 6. The van der Waals surface area contributed by atoms with Crippen LogP contribution in [-0.2, 0) is 6.54 Å². The number of nitrogens with one attached hydrogen (secondary N) is 1. The molecule has 9 nitrogen and oxygen atoms in total. The second-order valence-electron chi connectivity index (χ2n) is 6.72. The molecule has 4 heterocycles. The first-order valence-electron chi connectivity index (χ1n) is 9.05. The fourth-order valence-corrected chi connectivity index (χ4v) is 3.77. The Labute approximate surface area is 151 Å². The Kier molecular flexibility index (Phi) is 4.46. The van der Waals surface area contributed by atoms with Crippen LogP contribution in [0.15, 0.2) is 17.0 Å². The van der Waals surface area contributed by atoms with Gasteiger partial charge in [-0.1, -0.05) is 0 Å². The predicted molar refractivity (Wildman–Crippen MR) is 99.7 cm³/mol. The number of nitrogens with two attached hydrogens (primary N) is 1. The molecule has 0 spiro atoms. The molecule has 0 radical (unpaired) electrons. The van der Waals surface area contributed by atoms with E-state index in [1.165, 1.54) is 19.4 Å². The Morgan fingerprint density at radius 3 is 2.92 bits per heavy atom. The Morgan fingerprint density at radius 2 is 2.23 bits per heavy atom. The highest BCUT2D eigenvalue weighted by molar-refractivity contribution is 5.90. The van der Waals surface area contributed by atoms with Crippen molar-refractivity contribution in [2.75, 3.05) is 31.2 Å². The molecule has 3 aromatic rings. The van der Waals surface area contributed by atoms with Crippen LogP contribution in [0.5, 0.6) is 0 Å². The largest absolute Gasteiger partial charge is 0.382 e. The van der Waals surface area contributed by atoms with Gasteiger partial charge < -0.3 is 20.5 Å². The minimum atomic E-state index is 0.238. The molecule has 3 N–H and O–H groups in total. The van der Waals surface area contributed by atoms with E-state index in [-0.39, 0.29) is 5.82 Å². The topological polar surface area (TPSA) is 111 Å². The van der Waals surface area contributed by atoms with Crippen LogP contribution in [-0.4, -0.2) is 55.9 Å². The van der Waals surface area contributed by atoms with E-state index in [0.29, 0.717) is 17.6 Å². The molecular formula is C17H24N8O. The molecule has 1 atom stereocenters. The van der Waals surface area contributed by atoms with Crippen molar-refractivity contribution in [3.63, 3.8) is 0 Å². The number of pyridine rings is 1. The van der Waals surface area contributed by atoms with E-state index in [2.05, 4.69) is 49.0 Å². The van der Waals surface area contributed by atoms with Crippen LogP contribution in [0.2, 0.25) is 0 Å². The summed E-state index contributed by atoms with van der Waals surface area (Å²) in [4.78, 5) is 11.4. The van der Waals surface area contributed by atoms with Crippen LogP contribution < -0.4 is 11.1 Å². The summed E-state index contributed by atoms with van der Waals surface area (Å²) in [7, 11) is 2.20. The minimum absolute atomic E-state index is 0.238. The first kappa shape index (κ1) is 16.8. The second kappa shape index (κ2) is 6.91. The zero-order chi connectivity index (χ0) is 18.1. The average molecular weight is 356 g/mol. The van der Waals surface area contributed by atoms with Crippen molar-refractivity contribution in [1.82, 2.24) is 29.7 Å². The highest BCUT2D eigenvalue weighted by atomic mass is 16.6. The summed E-state index contributed by atoms with van der Waals surface area (Å²) in [5.74, 6) is 0.884. The number of anilines is 2. The first-order chi connectivity index (χ1) is 12.7. The van der Waals surface area contributed by atoms with Gasteiger partial charge in [0.05, 0.1) is 23.6 Å². The molecule has 1 aliphatic rings. The van der Waals surface area contributed by atoms with E-state index >= 15 is 0 Å². The lowest BCUT2D eigenvalue weighted by Gasteiger charge is -2.19. The molecule has 0 aliphatic carbocycles. The van der Waals surface area contributed by atoms with Crippen LogP contribution in [0.1, 0.15) is 26.2 Å². The maximum absolute atomic E-state index is 5.86. The quantitative estimate of drug-likeness (QED) is 0.690. The van der Waals surface area contributed by atoms with Gasteiger partial charge in [-0.2, -0.15) is 0 Å². The Morgan fingerprint density at radius 1 is 1.35 bits per heavy atom. The van der Waals surface area contributed by atoms with Gasteiger partial charge in [-0.15, -0.1) is 0 Å². The molecule has 4 rings (SSSR count). The van der Waals surface area contributed by atoms with Gasteiger partial charge in [-0.3, -0.25) is 4.98 Å². The Bertz CT molecular complexity index is 901. The van der Waals surface area contributed by atoms with Crippen LogP contribution in [0, 0.1) is 0 Å². The second-order valence-corrected chi connectivity index (χ2v) is 6.72. The van der Waals surface area contributed by atoms with Gasteiger partial charge >= 0.3 is 0 Å². The third kappa shape index (κ3) is 2.88. The van der Waals surface area contributed by atoms with E-state index in [4.69, 9.17) is 10.4 Å². The lowest BCUT2D eigenvalue weighted by molar-refractivity contribution is 0.301. The van der Waals surface area contributed by atoms with Crippen molar-refractivity contribution < 1.29 is 4.63 Å². The van der Waals surface area contributed by atoms with Crippen molar-refractivity contribution in [2.45, 2.75) is 38.8 Å². The standard InChI is InChI=1S/C17H24N8O/c1-3-25-15-12(20-7-6-11-5-4-8-24(11)2)9-19-10-13(15)21-17(25)14-16(18)23-26-22-14/h9-11,20H,3-8H2,1-2H3,(H2,18,23). The summed E-state index contributed by atoms with van der Waals surface area (Å²) in [5, 5.41) is 11.1. The van der Waals surface area contributed by atoms with Crippen LogP contribution in [0.4, 0.5) is 11.5 Å². The predicted octanol–water partition coefficient (Wildman–Crippen LogP) is 1.98. The SMILES string of the molecule is CCn1c(-c2nonc2N)nc2cncc(NCCC3CCCN3C)c21. The maximum Gasteiger partial charge on any atom is 0.199 e. The van der Waals surface area contributed by atoms with Crippen LogP contribution in [0.3, 0.4) is 0 Å². The zero-order valence-corrected chi connectivity index (χ0v) is 15.1. The summed E-state index contributed by atoms with van der Waals surface area (Å²) >= 11 is 0. The lowest BCUT2D eigenvalue weighted by atomic mass is 10.1. The third-order valence-electron chi connectivity index (χ3n) is 5.16. The van der Waals surface area contributed by atoms with Crippen LogP contribution >= 0.6 is 0 Å². The van der Waals surface area contributed by atoms with Gasteiger partial charge in [-0.25, -0.2) is 9.61 Å². The van der Waals surface area contributed by atoms with E-state index in [0.717, 1.165) is 36.2 Å². The van der Waals surface area contributed by atoms with Gasteiger partial charge in [0, 0.05) is 19.1 Å². The average Bonchev–Trinajstić information content (AvgIpc) is 3.33. The molecule has 26 heavy (non-hydrogen) atoms. The van der Waals surface area contributed by atoms with Gasteiger partial charge in [0.1, 0.15) is 5.52 Å². The Hall–Kier alpha value is -2.68. The number of aromatic nitrogens is 5. The summed E-state index contributed by atoms with van der Waals surface area (Å²) in [6.07, 6.45) is 7.28. The van der Waals surface area contributed by atoms with E-state index in [9.17, 15) is 0 Å². The van der Waals surface area contributed by atoms with Gasteiger partial charge in [-0.05, 0) is 50.1 Å². The number of hydrogen-bond acceptors (Lipinski definition) is 8. The molecule has 0 amide bonds. The molecular weight excluding hydrogens is 332 g/mol. The van der Waals surface area contributed by atoms with Crippen molar-refractivity contribution in [3.8, 4) is 11.5 Å². The number of imidazole rings is 1. The number of nitrogen functional groups attached to an aromatic ring is 1. The summed E-state index contributed by atoms with van der Waals surface area (Å²) in [6, 6.07) is 0.655. The maximum atomic E-state index is 5.86. The molecule has 9 heteroatoms. The van der Waals surface area contributed by atoms with Crippen LogP contribution in [0.25, 0.3) is 22.6 Å². The van der Waals surface area contributed by atoms with E-state index in [1.54, 1.807) is 6.20 Å². The number of rotatable bonds is 6. The monoisotopic (exact) mass is 356 g/mol. The minimum Gasteiger partial charge on any atom is -0.382 e. The smallest absolute Gasteiger partial charge is 0.199 e. The third-order valence-corrected chi connectivity index (χ3v) is 5.16. The summed E-state index contributed by atoms with van der Waals surface area (Å²) in [5.41, 5.74) is 9.09. The van der Waals surface area contributed by atoms with Gasteiger partial charge in [0.25, 0.3) is 0 Å². The lowest BCUT2D eigenvalue weighted by Crippen LogP contribution is -2.27. The molecule has 138 valence electrons. The molecule has 1 unspecified atom stereocenters. The molecule has 3 aromatic heterocycles. The van der Waals surface area contributed by atoms with Gasteiger partial charge in [0.2, 0.25) is 0 Å². The summed E-state index contributed by atoms with van der Waals surface area (Å²) < 4.78 is 6.81. The van der Waals surface area contributed by atoms with E-state index < -0.39 is 0 Å². The Balaban J connectivity index is 1.63. The van der Waals surface area contributed by atoms with Crippen molar-refractivity contribution in [2.24, 2.45) is 0 Å². The first-order valence-corrected chi connectivity index (χ1v) is 9.05. The number of hydrogen-bond donors (Lipinski definition) is 2. The molecule has 0 saturated carbocycles. The fraction of sp³-hybridized carbons (Fsp3) is 0.529. The highest BCUT2D eigenvalue weighted by Gasteiger charge is 2.22. The summed E-state index contributed by atoms with van der Waals surface area (Å²) in [6.45, 7) is 4.88. The van der Waals surface area contributed by atoms with Gasteiger partial charge in [0.15, 0.2) is 17.3 Å². The highest BCUT2D eigenvalue weighted by Crippen LogP contribution is 2.30. The molecule has 1 aliphatic heterocycles. The fourth-order valence-electron chi connectivity index (χ4n) is 3.77. The van der Waals surface area contributed by atoms with Crippen molar-refractivity contribution >= 4 is 22.5 Å². The number of fused-ring (bicyclic) bond motifs is 1. The van der Waals surface area contributed by atoms with Crippen molar-refractivity contribution in [1.29, 1.82) is 0 Å². The van der Waals surface area contributed by atoms with Crippen molar-refractivity contribution in [3.05, 3.63) is 12.4 Å². The number of aryl methyl sites for hydroxylation is 1. The zero-order valence-electron chi connectivity index (χ0n) is 15.1. The van der Waals surface area contributed by atoms with E-state index in [1.807, 2.05) is 6.20 Å². The molecule has 1 saturated heterocycles.